The largest absolute Gasteiger partial charge is 0.352 e. The topological polar surface area (TPSA) is 74.2 Å². The Morgan fingerprint density at radius 2 is 1.48 bits per heavy atom. The van der Waals surface area contributed by atoms with E-state index in [0.29, 0.717) is 32.7 Å². The Morgan fingerprint density at radius 3 is 2.04 bits per heavy atom. The molecule has 1 fully saturated rings. The minimum absolute atomic E-state index is 0.0242. The molecule has 0 aliphatic carbocycles. The van der Waals surface area contributed by atoms with E-state index in [1.165, 1.54) is 10.5 Å². The van der Waals surface area contributed by atoms with Crippen LogP contribution in [-0.2, 0) is 27.5 Å². The molecule has 7 nitrogen and oxygen atoms in total. The number of carbonyl (C=O) groups is 3. The molecule has 1 aliphatic heterocycles. The van der Waals surface area contributed by atoms with Crippen LogP contribution in [0.15, 0.2) is 24.3 Å². The molecular formula is C20H31N4O3+. The van der Waals surface area contributed by atoms with Gasteiger partial charge in [0.1, 0.15) is 6.54 Å². The second kappa shape index (κ2) is 10.1. The van der Waals surface area contributed by atoms with E-state index in [1.54, 1.807) is 16.7 Å². The molecule has 2 rings (SSSR count). The fourth-order valence-electron chi connectivity index (χ4n) is 3.12. The van der Waals surface area contributed by atoms with Gasteiger partial charge in [-0.15, -0.1) is 0 Å². The highest BCUT2D eigenvalue weighted by molar-refractivity contribution is 5.84. The molecule has 3 amide bonds. The standard InChI is InChI=1S/C20H30N4O3/c1-16(25)23-10-12-24(13-11-23)20(27)9-8-19(26)21-14-17-4-6-18(7-5-17)15-22(2)3/h4-7H,8-15H2,1-3H3,(H,21,26)/p+1. The molecule has 0 unspecified atom stereocenters. The first kappa shape index (κ1) is 20.9. The molecule has 148 valence electrons. The van der Waals surface area contributed by atoms with E-state index in [9.17, 15) is 14.4 Å². The average Bonchev–Trinajstić information content (AvgIpc) is 2.65. The zero-order valence-electron chi connectivity index (χ0n) is 16.6. The molecule has 1 aliphatic rings. The van der Waals surface area contributed by atoms with Crippen LogP contribution in [-0.4, -0.2) is 67.8 Å². The van der Waals surface area contributed by atoms with Crippen molar-refractivity contribution in [2.75, 3.05) is 40.3 Å². The SMILES string of the molecule is CC(=O)N1CCN(C(=O)CCC(=O)NCc2ccc(C[NH+](C)C)cc2)CC1. The van der Waals surface area contributed by atoms with Crippen molar-refractivity contribution in [1.29, 1.82) is 0 Å². The maximum absolute atomic E-state index is 12.2. The van der Waals surface area contributed by atoms with Gasteiger partial charge in [-0.1, -0.05) is 24.3 Å². The number of hydrogen-bond donors (Lipinski definition) is 2. The molecule has 1 aromatic rings. The zero-order valence-corrected chi connectivity index (χ0v) is 16.6. The number of amides is 3. The zero-order chi connectivity index (χ0) is 19.8. The van der Waals surface area contributed by atoms with Crippen molar-refractivity contribution in [2.24, 2.45) is 0 Å². The highest BCUT2D eigenvalue weighted by Gasteiger charge is 2.22. The van der Waals surface area contributed by atoms with Crippen LogP contribution in [0, 0.1) is 0 Å². The Balaban J connectivity index is 1.67. The fraction of sp³-hybridized carbons (Fsp3) is 0.550. The summed E-state index contributed by atoms with van der Waals surface area (Å²) in [5.74, 6) is -0.103. The van der Waals surface area contributed by atoms with Gasteiger partial charge in [0.05, 0.1) is 14.1 Å². The Labute approximate surface area is 161 Å². The maximum atomic E-state index is 12.2. The molecule has 0 spiro atoms. The Hall–Kier alpha value is -2.41. The number of rotatable bonds is 7. The molecule has 0 saturated carbocycles. The van der Waals surface area contributed by atoms with Crippen LogP contribution in [0.25, 0.3) is 0 Å². The minimum Gasteiger partial charge on any atom is -0.352 e. The van der Waals surface area contributed by atoms with Gasteiger partial charge in [-0.3, -0.25) is 14.4 Å². The summed E-state index contributed by atoms with van der Waals surface area (Å²) in [4.78, 5) is 40.4. The summed E-state index contributed by atoms with van der Waals surface area (Å²) in [6.45, 7) is 5.20. The number of quaternary nitrogens is 1. The number of carbonyl (C=O) groups excluding carboxylic acids is 3. The van der Waals surface area contributed by atoms with Crippen LogP contribution >= 0.6 is 0 Å². The first-order chi connectivity index (χ1) is 12.8. The number of nitrogens with one attached hydrogen (secondary N) is 2. The summed E-state index contributed by atoms with van der Waals surface area (Å²) in [6.07, 6.45) is 0.393. The van der Waals surface area contributed by atoms with Gasteiger partial charge < -0.3 is 20.0 Å². The van der Waals surface area contributed by atoms with Crippen molar-refractivity contribution in [3.63, 3.8) is 0 Å². The third kappa shape index (κ3) is 7.02. The van der Waals surface area contributed by atoms with Crippen LogP contribution in [0.3, 0.4) is 0 Å². The van der Waals surface area contributed by atoms with Gasteiger partial charge in [0.2, 0.25) is 17.7 Å². The molecule has 1 heterocycles. The molecule has 0 atom stereocenters. The second-order valence-electron chi connectivity index (χ2n) is 7.36. The van der Waals surface area contributed by atoms with Gasteiger partial charge >= 0.3 is 0 Å². The van der Waals surface area contributed by atoms with Crippen LogP contribution in [0.2, 0.25) is 0 Å². The predicted molar refractivity (Wildman–Crippen MR) is 103 cm³/mol. The van der Waals surface area contributed by atoms with E-state index in [1.807, 2.05) is 12.1 Å². The number of piperazine rings is 1. The van der Waals surface area contributed by atoms with Gasteiger partial charge in [0, 0.05) is 58.1 Å². The van der Waals surface area contributed by atoms with E-state index in [2.05, 4.69) is 31.5 Å². The molecule has 0 aromatic heterocycles. The van der Waals surface area contributed by atoms with E-state index in [0.717, 1.165) is 12.1 Å². The summed E-state index contributed by atoms with van der Waals surface area (Å²) in [6, 6.07) is 8.22. The average molecular weight is 375 g/mol. The Kier molecular flexibility index (Phi) is 7.79. The molecular weight excluding hydrogens is 344 g/mol. The van der Waals surface area contributed by atoms with E-state index < -0.39 is 0 Å². The van der Waals surface area contributed by atoms with Crippen molar-refractivity contribution < 1.29 is 19.3 Å². The lowest BCUT2D eigenvalue weighted by atomic mass is 10.1. The second-order valence-corrected chi connectivity index (χ2v) is 7.36. The van der Waals surface area contributed by atoms with Crippen molar-refractivity contribution in [2.45, 2.75) is 32.9 Å². The van der Waals surface area contributed by atoms with Gasteiger partial charge in [-0.05, 0) is 5.56 Å². The van der Waals surface area contributed by atoms with Crippen LogP contribution in [0.1, 0.15) is 30.9 Å². The first-order valence-electron chi connectivity index (χ1n) is 9.52. The smallest absolute Gasteiger partial charge is 0.223 e. The van der Waals surface area contributed by atoms with Gasteiger partial charge in [0.15, 0.2) is 0 Å². The normalized spacial score (nSPS) is 14.4. The number of benzene rings is 1. The first-order valence-corrected chi connectivity index (χ1v) is 9.52. The monoisotopic (exact) mass is 375 g/mol. The molecule has 27 heavy (non-hydrogen) atoms. The predicted octanol–water partition coefficient (Wildman–Crippen LogP) is -0.582. The Morgan fingerprint density at radius 1 is 0.926 bits per heavy atom. The lowest BCUT2D eigenvalue weighted by Gasteiger charge is -2.34. The van der Waals surface area contributed by atoms with Crippen LogP contribution < -0.4 is 10.2 Å². The van der Waals surface area contributed by atoms with Crippen LogP contribution in [0.4, 0.5) is 0 Å². The molecule has 2 N–H and O–H groups in total. The lowest BCUT2D eigenvalue weighted by Crippen LogP contribution is -3.04. The number of nitrogens with zero attached hydrogens (tertiary/aromatic N) is 2. The minimum atomic E-state index is -0.118. The summed E-state index contributed by atoms with van der Waals surface area (Å²) in [5.41, 5.74) is 2.31. The van der Waals surface area contributed by atoms with E-state index in [4.69, 9.17) is 0 Å². The lowest BCUT2D eigenvalue weighted by molar-refractivity contribution is -0.872. The number of hydrogen-bond acceptors (Lipinski definition) is 3. The quantitative estimate of drug-likeness (QED) is 0.670. The molecule has 1 aromatic carbocycles. The molecule has 7 heteroatoms. The highest BCUT2D eigenvalue weighted by Crippen LogP contribution is 2.06. The molecule has 0 bridgehead atoms. The summed E-state index contributed by atoms with van der Waals surface area (Å²) in [7, 11) is 4.22. The van der Waals surface area contributed by atoms with Gasteiger partial charge in [0.25, 0.3) is 0 Å². The third-order valence-corrected chi connectivity index (χ3v) is 4.71. The maximum Gasteiger partial charge on any atom is 0.223 e. The van der Waals surface area contributed by atoms with Gasteiger partial charge in [-0.25, -0.2) is 0 Å². The highest BCUT2D eigenvalue weighted by atomic mass is 16.2. The third-order valence-electron chi connectivity index (χ3n) is 4.71. The van der Waals surface area contributed by atoms with Gasteiger partial charge in [-0.2, -0.15) is 0 Å². The Bertz CT molecular complexity index is 650. The van der Waals surface area contributed by atoms with E-state index in [-0.39, 0.29) is 30.6 Å². The summed E-state index contributed by atoms with van der Waals surface area (Å²) < 4.78 is 0. The summed E-state index contributed by atoms with van der Waals surface area (Å²) in [5, 5.41) is 2.87. The van der Waals surface area contributed by atoms with Crippen LogP contribution in [0.5, 0.6) is 0 Å². The molecule has 0 radical (unpaired) electrons. The van der Waals surface area contributed by atoms with E-state index >= 15 is 0 Å². The van der Waals surface area contributed by atoms with Crippen molar-refractivity contribution in [3.8, 4) is 0 Å². The van der Waals surface area contributed by atoms with Crippen molar-refractivity contribution in [1.82, 2.24) is 15.1 Å². The van der Waals surface area contributed by atoms with Crippen molar-refractivity contribution in [3.05, 3.63) is 35.4 Å². The van der Waals surface area contributed by atoms with Crippen molar-refractivity contribution >= 4 is 17.7 Å². The molecule has 1 saturated heterocycles. The fourth-order valence-corrected chi connectivity index (χ4v) is 3.12. The summed E-state index contributed by atoms with van der Waals surface area (Å²) >= 11 is 0.